The molecule has 0 saturated carbocycles. The van der Waals surface area contributed by atoms with Crippen LogP contribution in [0.15, 0.2) is 58.0 Å². The third kappa shape index (κ3) is 6.12. The number of benzene rings is 2. The highest BCUT2D eigenvalue weighted by atomic mass is 32.2. The van der Waals surface area contributed by atoms with Crippen LogP contribution in [0.3, 0.4) is 0 Å². The SMILES string of the molecule is Cc1ncc(-c2ccc(S(=O)(=O)C(C)C)cc2)nc1-c1nnc(-c2ccc(CNCC(C)(C)O)cc2F)o1. The van der Waals surface area contributed by atoms with Gasteiger partial charge in [0.25, 0.3) is 11.8 Å². The summed E-state index contributed by atoms with van der Waals surface area (Å²) in [4.78, 5) is 9.22. The largest absolute Gasteiger partial charge is 0.414 e. The summed E-state index contributed by atoms with van der Waals surface area (Å²) in [5.74, 6) is -0.430. The van der Waals surface area contributed by atoms with E-state index in [1.54, 1.807) is 77.2 Å². The number of aliphatic hydroxyl groups is 1. The van der Waals surface area contributed by atoms with E-state index in [9.17, 15) is 17.9 Å². The van der Waals surface area contributed by atoms with Gasteiger partial charge in [-0.3, -0.25) is 4.98 Å². The van der Waals surface area contributed by atoms with E-state index in [0.29, 0.717) is 41.3 Å². The summed E-state index contributed by atoms with van der Waals surface area (Å²) in [7, 11) is -3.39. The third-order valence-electron chi connectivity index (χ3n) is 5.83. The first-order valence-corrected chi connectivity index (χ1v) is 13.6. The van der Waals surface area contributed by atoms with Crippen LogP contribution in [-0.2, 0) is 16.4 Å². The lowest BCUT2D eigenvalue weighted by Crippen LogP contribution is -2.34. The molecule has 9 nitrogen and oxygen atoms in total. The summed E-state index contributed by atoms with van der Waals surface area (Å²) in [6, 6.07) is 11.1. The van der Waals surface area contributed by atoms with E-state index in [1.807, 2.05) is 0 Å². The molecule has 2 aromatic heterocycles. The number of aryl methyl sites for hydroxylation is 1. The second kappa shape index (κ2) is 10.7. The molecule has 0 spiro atoms. The number of nitrogens with one attached hydrogen (secondary N) is 1. The number of rotatable bonds is 9. The van der Waals surface area contributed by atoms with Crippen molar-refractivity contribution in [3.8, 4) is 34.3 Å². The predicted molar refractivity (Wildman–Crippen MR) is 141 cm³/mol. The molecule has 11 heteroatoms. The van der Waals surface area contributed by atoms with Crippen molar-refractivity contribution in [2.75, 3.05) is 6.54 Å². The molecule has 0 unspecified atom stereocenters. The van der Waals surface area contributed by atoms with Crippen LogP contribution in [0.25, 0.3) is 34.3 Å². The van der Waals surface area contributed by atoms with E-state index in [-0.39, 0.29) is 22.2 Å². The zero-order valence-electron chi connectivity index (χ0n) is 21.9. The second-order valence-corrected chi connectivity index (χ2v) is 12.5. The summed E-state index contributed by atoms with van der Waals surface area (Å²) >= 11 is 0. The number of halogens is 1. The first kappa shape index (κ1) is 27.5. The van der Waals surface area contributed by atoms with Crippen LogP contribution in [0.2, 0.25) is 0 Å². The number of hydrogen-bond acceptors (Lipinski definition) is 9. The Kier molecular flexibility index (Phi) is 7.73. The van der Waals surface area contributed by atoms with Crippen molar-refractivity contribution in [2.45, 2.75) is 56.9 Å². The lowest BCUT2D eigenvalue weighted by Gasteiger charge is -2.17. The second-order valence-electron chi connectivity index (χ2n) is 9.95. The molecular formula is C27H30FN5O4S. The lowest BCUT2D eigenvalue weighted by atomic mass is 10.1. The number of aromatic nitrogens is 4. The van der Waals surface area contributed by atoms with E-state index in [1.165, 1.54) is 6.07 Å². The maximum atomic E-state index is 14.9. The third-order valence-corrected chi connectivity index (χ3v) is 8.00. The Bertz CT molecular complexity index is 1540. The van der Waals surface area contributed by atoms with Crippen LogP contribution in [-0.4, -0.2) is 51.1 Å². The first-order valence-electron chi connectivity index (χ1n) is 12.1. The van der Waals surface area contributed by atoms with Gasteiger partial charge in [0.15, 0.2) is 9.84 Å². The van der Waals surface area contributed by atoms with E-state index >= 15 is 0 Å². The molecule has 0 aliphatic rings. The molecule has 0 fully saturated rings. The summed E-state index contributed by atoms with van der Waals surface area (Å²) in [5.41, 5.74) is 2.03. The van der Waals surface area contributed by atoms with Gasteiger partial charge in [0, 0.05) is 18.7 Å². The zero-order chi connectivity index (χ0) is 27.7. The van der Waals surface area contributed by atoms with Crippen molar-refractivity contribution in [3.63, 3.8) is 0 Å². The van der Waals surface area contributed by atoms with Crippen molar-refractivity contribution < 1.29 is 22.3 Å². The van der Waals surface area contributed by atoms with Gasteiger partial charge in [-0.15, -0.1) is 10.2 Å². The number of nitrogens with zero attached hydrogens (tertiary/aromatic N) is 4. The highest BCUT2D eigenvalue weighted by Gasteiger charge is 2.21. The molecule has 2 aromatic carbocycles. The minimum atomic E-state index is -3.39. The number of hydrogen-bond donors (Lipinski definition) is 2. The van der Waals surface area contributed by atoms with Gasteiger partial charge in [0.05, 0.1) is 38.9 Å². The predicted octanol–water partition coefficient (Wildman–Crippen LogP) is 4.35. The molecule has 0 bridgehead atoms. The van der Waals surface area contributed by atoms with Gasteiger partial charge in [-0.2, -0.15) is 0 Å². The minimum Gasteiger partial charge on any atom is -0.414 e. The van der Waals surface area contributed by atoms with Crippen LogP contribution in [0.4, 0.5) is 4.39 Å². The molecule has 0 saturated heterocycles. The molecule has 4 rings (SSSR count). The van der Waals surface area contributed by atoms with Crippen LogP contribution < -0.4 is 5.32 Å². The van der Waals surface area contributed by atoms with Crippen LogP contribution in [0.1, 0.15) is 39.0 Å². The molecular weight excluding hydrogens is 509 g/mol. The van der Waals surface area contributed by atoms with E-state index in [4.69, 9.17) is 4.42 Å². The minimum absolute atomic E-state index is 0.00310. The Morgan fingerprint density at radius 1 is 1.08 bits per heavy atom. The molecule has 0 atom stereocenters. The van der Waals surface area contributed by atoms with Crippen molar-refractivity contribution in [2.24, 2.45) is 0 Å². The Hall–Kier alpha value is -3.54. The maximum absolute atomic E-state index is 14.9. The summed E-state index contributed by atoms with van der Waals surface area (Å²) in [6.45, 7) is 9.15. The van der Waals surface area contributed by atoms with Crippen molar-refractivity contribution >= 4 is 9.84 Å². The van der Waals surface area contributed by atoms with Gasteiger partial charge in [0.2, 0.25) is 0 Å². The van der Waals surface area contributed by atoms with Crippen molar-refractivity contribution in [3.05, 3.63) is 65.7 Å². The average molecular weight is 540 g/mol. The smallest absolute Gasteiger partial charge is 0.268 e. The summed E-state index contributed by atoms with van der Waals surface area (Å²) in [6.07, 6.45) is 1.58. The van der Waals surface area contributed by atoms with E-state index in [0.717, 1.165) is 0 Å². The molecule has 0 amide bonds. The molecule has 4 aromatic rings. The molecule has 200 valence electrons. The van der Waals surface area contributed by atoms with Gasteiger partial charge < -0.3 is 14.8 Å². The Morgan fingerprint density at radius 2 is 1.76 bits per heavy atom. The topological polar surface area (TPSA) is 131 Å². The van der Waals surface area contributed by atoms with Crippen molar-refractivity contribution in [1.82, 2.24) is 25.5 Å². The molecule has 0 aliphatic carbocycles. The highest BCUT2D eigenvalue weighted by Crippen LogP contribution is 2.29. The van der Waals surface area contributed by atoms with E-state index in [2.05, 4.69) is 25.5 Å². The molecule has 2 heterocycles. The quantitative estimate of drug-likeness (QED) is 0.319. The van der Waals surface area contributed by atoms with Crippen LogP contribution in [0.5, 0.6) is 0 Å². The number of sulfone groups is 1. The highest BCUT2D eigenvalue weighted by molar-refractivity contribution is 7.92. The molecule has 0 radical (unpaired) electrons. The van der Waals surface area contributed by atoms with Crippen LogP contribution in [0, 0.1) is 12.7 Å². The fraction of sp³-hybridized carbons (Fsp3) is 0.333. The molecule has 2 N–H and O–H groups in total. The molecule has 0 aliphatic heterocycles. The fourth-order valence-corrected chi connectivity index (χ4v) is 4.72. The van der Waals surface area contributed by atoms with Gasteiger partial charge in [0.1, 0.15) is 11.5 Å². The summed E-state index contributed by atoms with van der Waals surface area (Å²) in [5, 5.41) is 20.4. The molecule has 38 heavy (non-hydrogen) atoms. The van der Waals surface area contributed by atoms with Gasteiger partial charge >= 0.3 is 0 Å². The Balaban J connectivity index is 1.57. The standard InChI is InChI=1S/C27H30FN5O4S/c1-16(2)38(35,36)20-9-7-19(8-10-20)23-14-30-17(3)24(31-23)26-33-32-25(37-26)21-11-6-18(12-22(21)28)13-29-15-27(4,5)34/h6-12,14,16,29,34H,13,15H2,1-5H3. The van der Waals surface area contributed by atoms with E-state index < -0.39 is 26.5 Å². The van der Waals surface area contributed by atoms with Gasteiger partial charge in [-0.1, -0.05) is 18.2 Å². The summed E-state index contributed by atoms with van der Waals surface area (Å²) < 4.78 is 45.5. The van der Waals surface area contributed by atoms with Gasteiger partial charge in [-0.05, 0) is 64.4 Å². The maximum Gasteiger partial charge on any atom is 0.268 e. The average Bonchev–Trinajstić information content (AvgIpc) is 3.33. The monoisotopic (exact) mass is 539 g/mol. The van der Waals surface area contributed by atoms with Crippen LogP contribution >= 0.6 is 0 Å². The van der Waals surface area contributed by atoms with Crippen molar-refractivity contribution in [1.29, 1.82) is 0 Å². The Morgan fingerprint density at radius 3 is 2.39 bits per heavy atom. The Labute approximate surface area is 221 Å². The fourth-order valence-electron chi connectivity index (χ4n) is 3.66. The lowest BCUT2D eigenvalue weighted by molar-refractivity contribution is 0.0795. The normalized spacial score (nSPS) is 12.3. The van der Waals surface area contributed by atoms with Gasteiger partial charge in [-0.25, -0.2) is 17.8 Å². The first-order chi connectivity index (χ1) is 17.8. The zero-order valence-corrected chi connectivity index (χ0v) is 22.7.